The van der Waals surface area contributed by atoms with Crippen LogP contribution in [0, 0.1) is 11.8 Å². The van der Waals surface area contributed by atoms with Crippen molar-refractivity contribution in [3.8, 4) is 0 Å². The van der Waals surface area contributed by atoms with E-state index in [1.807, 2.05) is 0 Å². The lowest BCUT2D eigenvalue weighted by Crippen LogP contribution is -2.41. The summed E-state index contributed by atoms with van der Waals surface area (Å²) in [5.41, 5.74) is 0. The minimum atomic E-state index is 0.0652. The van der Waals surface area contributed by atoms with Crippen molar-refractivity contribution in [2.45, 2.75) is 25.9 Å². The normalized spacial score (nSPS) is 34.9. The Morgan fingerprint density at radius 1 is 1.60 bits per heavy atom. The van der Waals surface area contributed by atoms with E-state index in [2.05, 4.69) is 17.6 Å². The lowest BCUT2D eigenvalue weighted by atomic mass is 10.2. The highest BCUT2D eigenvalue weighted by molar-refractivity contribution is 5.76. The van der Waals surface area contributed by atoms with E-state index in [9.17, 15) is 4.79 Å². The van der Waals surface area contributed by atoms with Crippen molar-refractivity contribution >= 4 is 5.91 Å². The van der Waals surface area contributed by atoms with Crippen LogP contribution in [0.5, 0.6) is 0 Å². The molecule has 1 aliphatic heterocycles. The molecular weight excluding hydrogens is 192 g/mol. The summed E-state index contributed by atoms with van der Waals surface area (Å²) in [7, 11) is 0. The number of amides is 1. The summed E-state index contributed by atoms with van der Waals surface area (Å²) in [6.07, 6.45) is 1.82. The van der Waals surface area contributed by atoms with Crippen LogP contribution in [0.2, 0.25) is 0 Å². The third kappa shape index (κ3) is 3.47. The number of carbonyl (C=O) groups excluding carboxylic acids is 1. The van der Waals surface area contributed by atoms with Crippen LogP contribution in [-0.2, 0) is 9.53 Å². The van der Waals surface area contributed by atoms with Gasteiger partial charge in [-0.2, -0.15) is 0 Å². The lowest BCUT2D eigenvalue weighted by Gasteiger charge is -2.23. The van der Waals surface area contributed by atoms with Crippen LogP contribution < -0.4 is 10.6 Å². The summed E-state index contributed by atoms with van der Waals surface area (Å²) in [5, 5.41) is 6.20. The Balaban J connectivity index is 1.59. The van der Waals surface area contributed by atoms with Crippen LogP contribution in [0.1, 0.15) is 19.8 Å². The Bertz CT molecular complexity index is 227. The van der Waals surface area contributed by atoms with Gasteiger partial charge in [-0.1, -0.05) is 6.92 Å². The zero-order chi connectivity index (χ0) is 10.7. The molecule has 0 aromatic carbocycles. The van der Waals surface area contributed by atoms with Crippen molar-refractivity contribution in [1.82, 2.24) is 10.6 Å². The Morgan fingerprint density at radius 3 is 3.00 bits per heavy atom. The number of rotatable bonds is 4. The van der Waals surface area contributed by atoms with Crippen LogP contribution >= 0.6 is 0 Å². The van der Waals surface area contributed by atoms with Gasteiger partial charge in [0.15, 0.2) is 0 Å². The molecule has 15 heavy (non-hydrogen) atoms. The van der Waals surface area contributed by atoms with Gasteiger partial charge in [0.1, 0.15) is 0 Å². The Morgan fingerprint density at radius 2 is 2.40 bits per heavy atom. The molecule has 3 atom stereocenters. The van der Waals surface area contributed by atoms with E-state index in [0.29, 0.717) is 6.42 Å². The Labute approximate surface area is 90.8 Å². The van der Waals surface area contributed by atoms with E-state index in [1.54, 1.807) is 0 Å². The van der Waals surface area contributed by atoms with Crippen LogP contribution in [0.25, 0.3) is 0 Å². The maximum atomic E-state index is 11.5. The number of nitrogens with one attached hydrogen (secondary N) is 2. The quantitative estimate of drug-likeness (QED) is 0.697. The first-order valence-electron chi connectivity index (χ1n) is 5.84. The third-order valence-electron chi connectivity index (χ3n) is 3.26. The van der Waals surface area contributed by atoms with Crippen molar-refractivity contribution in [2.24, 2.45) is 11.8 Å². The highest BCUT2D eigenvalue weighted by Crippen LogP contribution is 2.36. The molecule has 3 unspecified atom stereocenters. The topological polar surface area (TPSA) is 50.4 Å². The first kappa shape index (κ1) is 10.9. The number of ether oxygens (including phenoxy) is 1. The van der Waals surface area contributed by atoms with Crippen molar-refractivity contribution in [3.63, 3.8) is 0 Å². The monoisotopic (exact) mass is 212 g/mol. The van der Waals surface area contributed by atoms with Gasteiger partial charge in [0.05, 0.1) is 19.1 Å². The molecule has 1 amide bonds. The molecule has 0 spiro atoms. The van der Waals surface area contributed by atoms with Gasteiger partial charge in [0, 0.05) is 19.6 Å². The second-order valence-electron chi connectivity index (χ2n) is 4.68. The maximum Gasteiger partial charge on any atom is 0.222 e. The third-order valence-corrected chi connectivity index (χ3v) is 3.26. The summed E-state index contributed by atoms with van der Waals surface area (Å²) >= 11 is 0. The van der Waals surface area contributed by atoms with Crippen LogP contribution in [0.15, 0.2) is 0 Å². The van der Waals surface area contributed by atoms with Crippen LogP contribution in [0.3, 0.4) is 0 Å². The predicted octanol–water partition coefficient (Wildman–Crippen LogP) is 0.137. The highest BCUT2D eigenvalue weighted by atomic mass is 16.5. The summed E-state index contributed by atoms with van der Waals surface area (Å²) in [6.45, 7) is 5.49. The molecule has 4 heteroatoms. The van der Waals surface area contributed by atoms with Gasteiger partial charge in [-0.15, -0.1) is 0 Å². The molecule has 2 aliphatic rings. The van der Waals surface area contributed by atoms with E-state index in [1.165, 1.54) is 6.42 Å². The highest BCUT2D eigenvalue weighted by Gasteiger charge is 2.32. The molecule has 1 heterocycles. The van der Waals surface area contributed by atoms with Gasteiger partial charge in [0.2, 0.25) is 5.91 Å². The molecule has 4 nitrogen and oxygen atoms in total. The van der Waals surface area contributed by atoms with E-state index >= 15 is 0 Å². The fourth-order valence-electron chi connectivity index (χ4n) is 1.96. The molecule has 1 aliphatic carbocycles. The lowest BCUT2D eigenvalue weighted by molar-refractivity contribution is -0.124. The summed E-state index contributed by atoms with van der Waals surface area (Å²) in [5.74, 6) is 1.65. The molecule has 1 saturated heterocycles. The average Bonchev–Trinajstić information content (AvgIpc) is 2.93. The summed E-state index contributed by atoms with van der Waals surface area (Å²) in [6, 6.07) is 0. The molecule has 2 N–H and O–H groups in total. The molecule has 2 rings (SSSR count). The van der Waals surface area contributed by atoms with E-state index in [4.69, 9.17) is 4.74 Å². The van der Waals surface area contributed by atoms with E-state index in [0.717, 1.165) is 38.1 Å². The summed E-state index contributed by atoms with van der Waals surface area (Å²) < 4.78 is 5.47. The zero-order valence-corrected chi connectivity index (χ0v) is 9.29. The zero-order valence-electron chi connectivity index (χ0n) is 9.29. The molecule has 2 fully saturated rings. The van der Waals surface area contributed by atoms with E-state index in [-0.39, 0.29) is 12.0 Å². The second kappa shape index (κ2) is 4.94. The SMILES string of the molecule is CC1CC1CNC(=O)CC1CNCCO1. The predicted molar refractivity (Wildman–Crippen MR) is 57.5 cm³/mol. The smallest absolute Gasteiger partial charge is 0.222 e. The molecular formula is C11H20N2O2. The second-order valence-corrected chi connectivity index (χ2v) is 4.68. The maximum absolute atomic E-state index is 11.5. The largest absolute Gasteiger partial charge is 0.375 e. The molecule has 0 bridgehead atoms. The standard InChI is InChI=1S/C11H20N2O2/c1-8-4-9(8)6-13-11(14)5-10-7-12-2-3-15-10/h8-10,12H,2-7H2,1H3,(H,13,14). The van der Waals surface area contributed by atoms with Crippen LogP contribution in [0.4, 0.5) is 0 Å². The van der Waals surface area contributed by atoms with Gasteiger partial charge in [-0.3, -0.25) is 4.79 Å². The van der Waals surface area contributed by atoms with E-state index < -0.39 is 0 Å². The molecule has 86 valence electrons. The van der Waals surface area contributed by atoms with Gasteiger partial charge < -0.3 is 15.4 Å². The Kier molecular flexibility index (Phi) is 3.59. The fourth-order valence-corrected chi connectivity index (χ4v) is 1.96. The minimum Gasteiger partial charge on any atom is -0.375 e. The van der Waals surface area contributed by atoms with Gasteiger partial charge >= 0.3 is 0 Å². The van der Waals surface area contributed by atoms with Crippen LogP contribution in [-0.4, -0.2) is 38.3 Å². The first-order chi connectivity index (χ1) is 7.25. The van der Waals surface area contributed by atoms with Gasteiger partial charge in [-0.05, 0) is 18.3 Å². The molecule has 0 radical (unpaired) electrons. The molecule has 0 aromatic heterocycles. The van der Waals surface area contributed by atoms with Crippen molar-refractivity contribution in [1.29, 1.82) is 0 Å². The number of carbonyl (C=O) groups is 1. The van der Waals surface area contributed by atoms with Crippen molar-refractivity contribution in [2.75, 3.05) is 26.2 Å². The van der Waals surface area contributed by atoms with Crippen molar-refractivity contribution in [3.05, 3.63) is 0 Å². The van der Waals surface area contributed by atoms with Crippen molar-refractivity contribution < 1.29 is 9.53 Å². The number of hydrogen-bond acceptors (Lipinski definition) is 3. The number of morpholine rings is 1. The molecule has 1 saturated carbocycles. The summed E-state index contributed by atoms with van der Waals surface area (Å²) in [4.78, 5) is 11.5. The minimum absolute atomic E-state index is 0.0652. The Hall–Kier alpha value is -0.610. The fraction of sp³-hybridized carbons (Fsp3) is 0.909. The first-order valence-corrected chi connectivity index (χ1v) is 5.84. The molecule has 0 aromatic rings. The van der Waals surface area contributed by atoms with Gasteiger partial charge in [0.25, 0.3) is 0 Å². The average molecular weight is 212 g/mol. The van der Waals surface area contributed by atoms with Gasteiger partial charge in [-0.25, -0.2) is 0 Å². The number of hydrogen-bond donors (Lipinski definition) is 2.